The number of anilines is 1. The molecular formula is C28H24Cl2FN3O3. The number of hydrogen-bond acceptors (Lipinski definition) is 5. The molecule has 0 unspecified atom stereocenters. The Balaban J connectivity index is 1.46. The lowest BCUT2D eigenvalue weighted by Gasteiger charge is -2.19. The van der Waals surface area contributed by atoms with Gasteiger partial charge in [-0.25, -0.2) is 9.37 Å². The number of nitrogen functional groups attached to an aromatic ring is 1. The topological polar surface area (TPSA) is 97.5 Å². The number of pyridine rings is 1. The molecule has 4 rings (SSSR count). The smallest absolute Gasteiger partial charge is 0.251 e. The molecule has 0 saturated carbocycles. The van der Waals surface area contributed by atoms with Crippen LogP contribution in [0.2, 0.25) is 10.0 Å². The molecule has 3 aromatic carbocycles. The summed E-state index contributed by atoms with van der Waals surface area (Å²) in [5.41, 5.74) is 8.95. The number of rotatable bonds is 8. The molecule has 0 aliphatic carbocycles. The molecular weight excluding hydrogens is 516 g/mol. The van der Waals surface area contributed by atoms with Gasteiger partial charge in [0.1, 0.15) is 11.9 Å². The van der Waals surface area contributed by atoms with Gasteiger partial charge in [-0.05, 0) is 48.4 Å². The summed E-state index contributed by atoms with van der Waals surface area (Å²) >= 11 is 12.3. The molecule has 190 valence electrons. The standard InChI is InChI=1S/C28H24Cl2FN3O3/c1-16(25-21(29)11-12-22(31)26(25)30)37-24-13-20(14-33-27(24)32)17-7-9-19(10-8-17)28(36)34-15-23(35)18-5-3-2-4-6-18/h2-14,16,23,35H,15H2,1H3,(H2,32,33)(H,34,36)/t16-,23-/m0/s1. The first-order valence-electron chi connectivity index (χ1n) is 11.4. The molecule has 1 heterocycles. The van der Waals surface area contributed by atoms with Gasteiger partial charge in [-0.15, -0.1) is 0 Å². The van der Waals surface area contributed by atoms with E-state index in [2.05, 4.69) is 10.3 Å². The minimum atomic E-state index is -0.803. The number of aliphatic hydroxyl groups excluding tert-OH is 1. The second-order valence-electron chi connectivity index (χ2n) is 8.34. The van der Waals surface area contributed by atoms with Crippen LogP contribution in [0.1, 0.15) is 40.6 Å². The number of aromatic nitrogens is 1. The largest absolute Gasteiger partial charge is 0.482 e. The lowest BCUT2D eigenvalue weighted by Crippen LogP contribution is -2.28. The van der Waals surface area contributed by atoms with Crippen LogP contribution in [-0.4, -0.2) is 22.5 Å². The highest BCUT2D eigenvalue weighted by Gasteiger charge is 2.20. The van der Waals surface area contributed by atoms with Crippen LogP contribution >= 0.6 is 23.2 Å². The van der Waals surface area contributed by atoms with Crippen molar-refractivity contribution >= 4 is 34.9 Å². The lowest BCUT2D eigenvalue weighted by molar-refractivity contribution is 0.0916. The maximum absolute atomic E-state index is 14.0. The molecule has 0 bridgehead atoms. The Bertz CT molecular complexity index is 1400. The minimum Gasteiger partial charge on any atom is -0.482 e. The van der Waals surface area contributed by atoms with Gasteiger partial charge in [0.05, 0.1) is 11.1 Å². The second-order valence-corrected chi connectivity index (χ2v) is 9.12. The van der Waals surface area contributed by atoms with Crippen LogP contribution in [0.25, 0.3) is 11.1 Å². The number of hydrogen-bond donors (Lipinski definition) is 3. The van der Waals surface area contributed by atoms with Gasteiger partial charge in [0, 0.05) is 34.5 Å². The maximum Gasteiger partial charge on any atom is 0.251 e. The number of nitrogens with one attached hydrogen (secondary N) is 1. The number of nitrogens with two attached hydrogens (primary N) is 1. The van der Waals surface area contributed by atoms with Crippen LogP contribution in [-0.2, 0) is 0 Å². The Labute approximate surface area is 223 Å². The van der Waals surface area contributed by atoms with E-state index in [1.807, 2.05) is 18.2 Å². The molecule has 0 aliphatic heterocycles. The summed E-state index contributed by atoms with van der Waals surface area (Å²) in [4.78, 5) is 16.7. The molecule has 37 heavy (non-hydrogen) atoms. The van der Waals surface area contributed by atoms with Crippen LogP contribution in [0.4, 0.5) is 10.2 Å². The van der Waals surface area contributed by atoms with Crippen molar-refractivity contribution in [2.24, 2.45) is 0 Å². The number of benzene rings is 3. The molecule has 6 nitrogen and oxygen atoms in total. The Morgan fingerprint density at radius 3 is 2.49 bits per heavy atom. The fraction of sp³-hybridized carbons (Fsp3) is 0.143. The van der Waals surface area contributed by atoms with Crippen LogP contribution in [0.5, 0.6) is 5.75 Å². The average molecular weight is 540 g/mol. The highest BCUT2D eigenvalue weighted by atomic mass is 35.5. The van der Waals surface area contributed by atoms with Gasteiger partial charge in [0.2, 0.25) is 0 Å². The van der Waals surface area contributed by atoms with Crippen molar-refractivity contribution in [3.63, 3.8) is 0 Å². The first-order valence-corrected chi connectivity index (χ1v) is 12.2. The van der Waals surface area contributed by atoms with Crippen LogP contribution < -0.4 is 15.8 Å². The predicted octanol–water partition coefficient (Wildman–Crippen LogP) is 6.38. The van der Waals surface area contributed by atoms with Crippen LogP contribution in [0, 0.1) is 5.82 Å². The van der Waals surface area contributed by atoms with Crippen molar-refractivity contribution in [2.45, 2.75) is 19.1 Å². The molecule has 4 aromatic rings. The molecule has 1 amide bonds. The summed E-state index contributed by atoms with van der Waals surface area (Å²) in [5.74, 6) is -0.487. The Hall–Kier alpha value is -3.65. The van der Waals surface area contributed by atoms with Crippen molar-refractivity contribution in [2.75, 3.05) is 12.3 Å². The second kappa shape index (κ2) is 11.6. The number of aliphatic hydroxyl groups is 1. The number of nitrogens with zero attached hydrogens (tertiary/aromatic N) is 1. The maximum atomic E-state index is 14.0. The fourth-order valence-corrected chi connectivity index (χ4v) is 4.45. The number of halogens is 3. The first-order chi connectivity index (χ1) is 17.7. The quantitative estimate of drug-likeness (QED) is 0.226. The van der Waals surface area contributed by atoms with Gasteiger partial charge in [-0.2, -0.15) is 0 Å². The summed E-state index contributed by atoms with van der Waals surface area (Å²) in [7, 11) is 0. The molecule has 4 N–H and O–H groups in total. The van der Waals surface area contributed by atoms with Gasteiger partial charge in [0.25, 0.3) is 5.91 Å². The average Bonchev–Trinajstić information content (AvgIpc) is 2.91. The molecule has 2 atom stereocenters. The highest BCUT2D eigenvalue weighted by molar-refractivity contribution is 6.36. The summed E-state index contributed by atoms with van der Waals surface area (Å²) in [5, 5.41) is 13.1. The fourth-order valence-electron chi connectivity index (χ4n) is 3.77. The third kappa shape index (κ3) is 6.20. The molecule has 9 heteroatoms. The SMILES string of the molecule is C[C@H](Oc1cc(-c2ccc(C(=O)NC[C@H](O)c3ccccc3)cc2)cnc1N)c1c(Cl)ccc(F)c1Cl. The minimum absolute atomic E-state index is 0.0880. The van der Waals surface area contributed by atoms with E-state index >= 15 is 0 Å². The Morgan fingerprint density at radius 1 is 1.08 bits per heavy atom. The van der Waals surface area contributed by atoms with Crippen LogP contribution in [0.3, 0.4) is 0 Å². The van der Waals surface area contributed by atoms with E-state index in [-0.39, 0.29) is 34.1 Å². The van der Waals surface area contributed by atoms with Crippen molar-refractivity contribution < 1.29 is 19.0 Å². The molecule has 0 fully saturated rings. The molecule has 0 saturated heterocycles. The molecule has 1 aromatic heterocycles. The third-order valence-electron chi connectivity index (χ3n) is 5.79. The van der Waals surface area contributed by atoms with E-state index in [0.29, 0.717) is 16.7 Å². The van der Waals surface area contributed by atoms with E-state index in [1.165, 1.54) is 12.1 Å². The normalized spacial score (nSPS) is 12.6. The van der Waals surface area contributed by atoms with E-state index in [0.717, 1.165) is 11.1 Å². The summed E-state index contributed by atoms with van der Waals surface area (Å²) in [6.45, 7) is 1.77. The van der Waals surface area contributed by atoms with E-state index in [4.69, 9.17) is 33.7 Å². The number of ether oxygens (including phenoxy) is 1. The van der Waals surface area contributed by atoms with Crippen molar-refractivity contribution in [3.05, 3.63) is 112 Å². The molecule has 0 aliphatic rings. The van der Waals surface area contributed by atoms with Gasteiger partial charge in [0.15, 0.2) is 11.6 Å². The van der Waals surface area contributed by atoms with Gasteiger partial charge < -0.3 is 20.9 Å². The monoisotopic (exact) mass is 539 g/mol. The summed E-state index contributed by atoms with van der Waals surface area (Å²) < 4.78 is 19.9. The van der Waals surface area contributed by atoms with Gasteiger partial charge >= 0.3 is 0 Å². The van der Waals surface area contributed by atoms with Gasteiger partial charge in [-0.3, -0.25) is 4.79 Å². The predicted molar refractivity (Wildman–Crippen MR) is 143 cm³/mol. The van der Waals surface area contributed by atoms with E-state index in [1.54, 1.807) is 55.6 Å². The molecule has 0 radical (unpaired) electrons. The van der Waals surface area contributed by atoms with E-state index < -0.39 is 18.0 Å². The van der Waals surface area contributed by atoms with Crippen molar-refractivity contribution in [1.29, 1.82) is 0 Å². The summed E-state index contributed by atoms with van der Waals surface area (Å²) in [6, 6.07) is 20.3. The Morgan fingerprint density at radius 2 is 1.78 bits per heavy atom. The van der Waals surface area contributed by atoms with Crippen molar-refractivity contribution in [1.82, 2.24) is 10.3 Å². The zero-order valence-corrected chi connectivity index (χ0v) is 21.3. The summed E-state index contributed by atoms with van der Waals surface area (Å²) in [6.07, 6.45) is 0.0795. The van der Waals surface area contributed by atoms with E-state index in [9.17, 15) is 14.3 Å². The Kier molecular flexibility index (Phi) is 8.28. The lowest BCUT2D eigenvalue weighted by atomic mass is 10.0. The number of carbonyl (C=O) groups is 1. The molecule has 0 spiro atoms. The van der Waals surface area contributed by atoms with Crippen molar-refractivity contribution in [3.8, 4) is 16.9 Å². The highest BCUT2D eigenvalue weighted by Crippen LogP contribution is 2.37. The zero-order valence-electron chi connectivity index (χ0n) is 19.8. The number of amides is 1. The number of carbonyl (C=O) groups excluding carboxylic acids is 1. The first kappa shape index (κ1) is 26.4. The zero-order chi connectivity index (χ0) is 26.5. The van der Waals surface area contributed by atoms with Gasteiger partial charge in [-0.1, -0.05) is 65.7 Å². The van der Waals surface area contributed by atoms with Crippen LogP contribution in [0.15, 0.2) is 79.0 Å². The third-order valence-corrected chi connectivity index (χ3v) is 6.51.